The lowest BCUT2D eigenvalue weighted by Gasteiger charge is -2.31. The number of rotatable bonds is 0. The van der Waals surface area contributed by atoms with Crippen molar-refractivity contribution in [2.45, 2.75) is 31.5 Å². The summed E-state index contributed by atoms with van der Waals surface area (Å²) in [5.41, 5.74) is 4.55. The van der Waals surface area contributed by atoms with Gasteiger partial charge in [-0.3, -0.25) is 0 Å². The van der Waals surface area contributed by atoms with Gasteiger partial charge in [0.2, 0.25) is 0 Å². The number of ether oxygens (including phenoxy) is 2. The molecule has 2 aliphatic rings. The Morgan fingerprint density at radius 3 is 2.38 bits per heavy atom. The summed E-state index contributed by atoms with van der Waals surface area (Å²) in [4.78, 5) is 1.80. The molecule has 1 heterocycles. The first-order valence-corrected chi connectivity index (χ1v) is 5.57. The number of halogens is 1. The van der Waals surface area contributed by atoms with E-state index in [9.17, 15) is 0 Å². The maximum atomic E-state index is 5.62. The van der Waals surface area contributed by atoms with Crippen LogP contribution in [0.15, 0.2) is 16.3 Å². The molecule has 2 nitrogen and oxygen atoms in total. The maximum Gasteiger partial charge on any atom is 0.169 e. The highest BCUT2D eigenvalue weighted by Crippen LogP contribution is 2.37. The van der Waals surface area contributed by atoms with Crippen LogP contribution in [0.25, 0.3) is 0 Å². The Morgan fingerprint density at radius 1 is 1.23 bits per heavy atom. The quantitative estimate of drug-likeness (QED) is 0.611. The summed E-state index contributed by atoms with van der Waals surface area (Å²) in [6.45, 7) is 1.51. The van der Waals surface area contributed by atoms with E-state index in [2.05, 4.69) is 21.7 Å². The molecule has 0 N–H and O–H groups in total. The molecule has 1 spiro atoms. The van der Waals surface area contributed by atoms with Gasteiger partial charge in [0.25, 0.3) is 0 Å². The fourth-order valence-corrected chi connectivity index (χ4v) is 2.26. The second-order valence-corrected chi connectivity index (χ2v) is 3.92. The van der Waals surface area contributed by atoms with E-state index in [1.54, 1.807) is 4.99 Å². The Balaban J connectivity index is 1.99. The van der Waals surface area contributed by atoms with Gasteiger partial charge in [0, 0.05) is 17.8 Å². The van der Waals surface area contributed by atoms with E-state index in [1.165, 1.54) is 5.57 Å². The first-order chi connectivity index (χ1) is 6.35. The number of allylic oxidation sites excluding steroid dienone is 1. The normalized spacial score (nSPS) is 26.1. The molecule has 0 atom stereocenters. The lowest BCUT2D eigenvalue weighted by molar-refractivity contribution is -0.171. The van der Waals surface area contributed by atoms with Crippen LogP contribution in [0.5, 0.6) is 0 Å². The van der Waals surface area contributed by atoms with Gasteiger partial charge < -0.3 is 9.47 Å². The minimum atomic E-state index is -0.239. The second kappa shape index (κ2) is 3.97. The predicted molar refractivity (Wildman–Crippen MR) is 53.6 cm³/mol. The van der Waals surface area contributed by atoms with Gasteiger partial charge in [-0.25, -0.2) is 0 Å². The highest BCUT2D eigenvalue weighted by atomic mass is 79.9. The van der Waals surface area contributed by atoms with Crippen molar-refractivity contribution >= 4 is 15.9 Å². The lowest BCUT2D eigenvalue weighted by Crippen LogP contribution is -2.32. The summed E-state index contributed by atoms with van der Waals surface area (Å²) in [6, 6.07) is 0. The van der Waals surface area contributed by atoms with Crippen LogP contribution in [-0.4, -0.2) is 19.0 Å². The largest absolute Gasteiger partial charge is 0.348 e. The molecule has 3 heteroatoms. The first kappa shape index (κ1) is 9.47. The third kappa shape index (κ3) is 2.05. The zero-order chi connectivity index (χ0) is 9.15. The smallest absolute Gasteiger partial charge is 0.169 e. The van der Waals surface area contributed by atoms with Crippen molar-refractivity contribution in [1.29, 1.82) is 0 Å². The summed E-state index contributed by atoms with van der Waals surface area (Å²) in [6.07, 6.45) is 4.05. The minimum absolute atomic E-state index is 0.239. The summed E-state index contributed by atoms with van der Waals surface area (Å²) < 4.78 is 11.2. The van der Waals surface area contributed by atoms with E-state index < -0.39 is 0 Å². The summed E-state index contributed by atoms with van der Waals surface area (Å²) in [5, 5.41) is 0. The molecule has 2 rings (SSSR count). The highest BCUT2D eigenvalue weighted by Gasteiger charge is 2.38. The Bertz CT molecular complexity index is 236. The van der Waals surface area contributed by atoms with Crippen LogP contribution < -0.4 is 0 Å². The molecule has 1 aliphatic carbocycles. The van der Waals surface area contributed by atoms with Crippen LogP contribution in [0.3, 0.4) is 0 Å². The van der Waals surface area contributed by atoms with Crippen LogP contribution in [0, 0.1) is 0 Å². The monoisotopic (exact) mass is 244 g/mol. The van der Waals surface area contributed by atoms with Crippen LogP contribution >= 0.6 is 15.9 Å². The van der Waals surface area contributed by atoms with Crippen molar-refractivity contribution in [2.75, 3.05) is 13.2 Å². The van der Waals surface area contributed by atoms with Crippen LogP contribution in [-0.2, 0) is 9.47 Å². The van der Waals surface area contributed by atoms with Crippen molar-refractivity contribution in [2.24, 2.45) is 0 Å². The van der Waals surface area contributed by atoms with Gasteiger partial charge in [-0.1, -0.05) is 15.9 Å². The lowest BCUT2D eigenvalue weighted by atomic mass is 9.90. The topological polar surface area (TPSA) is 18.5 Å². The van der Waals surface area contributed by atoms with Gasteiger partial charge in [0.05, 0.1) is 13.2 Å². The van der Waals surface area contributed by atoms with Crippen molar-refractivity contribution in [3.05, 3.63) is 16.3 Å². The van der Waals surface area contributed by atoms with Crippen molar-refractivity contribution in [3.63, 3.8) is 0 Å². The molecule has 0 aromatic heterocycles. The van der Waals surface area contributed by atoms with Gasteiger partial charge in [-0.2, -0.15) is 0 Å². The standard InChI is InChI=1S/C10H13BrO2/c11-6-3-9-1-4-10(5-2-9)12-7-8-13-10/h6H,1-2,4-5,7-8H2. The highest BCUT2D eigenvalue weighted by molar-refractivity contribution is 9.11. The first-order valence-electron chi connectivity index (χ1n) is 4.66. The van der Waals surface area contributed by atoms with Crippen molar-refractivity contribution < 1.29 is 9.47 Å². The third-order valence-electron chi connectivity index (χ3n) is 2.69. The molecule has 0 unspecified atom stereocenters. The van der Waals surface area contributed by atoms with Crippen LogP contribution in [0.4, 0.5) is 0 Å². The van der Waals surface area contributed by atoms with Gasteiger partial charge in [0.1, 0.15) is 0 Å². The van der Waals surface area contributed by atoms with Crippen molar-refractivity contribution in [3.8, 4) is 0 Å². The fourth-order valence-electron chi connectivity index (χ4n) is 1.94. The van der Waals surface area contributed by atoms with Gasteiger partial charge in [-0.05, 0) is 18.4 Å². The van der Waals surface area contributed by atoms with Gasteiger partial charge in [0.15, 0.2) is 5.79 Å². The van der Waals surface area contributed by atoms with E-state index in [1.807, 2.05) is 0 Å². The molecular weight excluding hydrogens is 232 g/mol. The van der Waals surface area contributed by atoms with E-state index in [-0.39, 0.29) is 5.79 Å². The summed E-state index contributed by atoms with van der Waals surface area (Å²) in [7, 11) is 0. The van der Waals surface area contributed by atoms with Gasteiger partial charge >= 0.3 is 0 Å². The number of hydrogen-bond donors (Lipinski definition) is 0. The van der Waals surface area contributed by atoms with E-state index in [0.717, 1.165) is 38.9 Å². The molecule has 1 saturated heterocycles. The average Bonchev–Trinajstić information content (AvgIpc) is 2.59. The second-order valence-electron chi connectivity index (χ2n) is 3.46. The molecule has 1 saturated carbocycles. The molecule has 0 bridgehead atoms. The van der Waals surface area contributed by atoms with Crippen molar-refractivity contribution in [1.82, 2.24) is 0 Å². The molecule has 72 valence electrons. The molecule has 13 heavy (non-hydrogen) atoms. The van der Waals surface area contributed by atoms with Crippen LogP contribution in [0.2, 0.25) is 0 Å². The fraction of sp³-hybridized carbons (Fsp3) is 0.700. The zero-order valence-corrected chi connectivity index (χ0v) is 9.10. The molecule has 0 amide bonds. The zero-order valence-electron chi connectivity index (χ0n) is 7.51. The SMILES string of the molecule is BrC=C=C1CCC2(CC1)OCCO2. The van der Waals surface area contributed by atoms with E-state index in [4.69, 9.17) is 9.47 Å². The van der Waals surface area contributed by atoms with Crippen LogP contribution in [0.1, 0.15) is 25.7 Å². The summed E-state index contributed by atoms with van der Waals surface area (Å²) >= 11 is 3.24. The molecular formula is C10H13BrO2. The minimum Gasteiger partial charge on any atom is -0.348 e. The molecule has 1 aliphatic heterocycles. The Morgan fingerprint density at radius 2 is 1.85 bits per heavy atom. The molecule has 0 aromatic carbocycles. The maximum absolute atomic E-state index is 5.62. The molecule has 2 fully saturated rings. The Hall–Kier alpha value is -0.0800. The van der Waals surface area contributed by atoms with Gasteiger partial charge in [-0.15, -0.1) is 5.73 Å². The third-order valence-corrected chi connectivity index (χ3v) is 2.92. The van der Waals surface area contributed by atoms with E-state index >= 15 is 0 Å². The molecule has 0 radical (unpaired) electrons. The average molecular weight is 245 g/mol. The summed E-state index contributed by atoms with van der Waals surface area (Å²) in [5.74, 6) is -0.239. The molecule has 0 aromatic rings. The Kier molecular flexibility index (Phi) is 2.89. The van der Waals surface area contributed by atoms with E-state index in [0.29, 0.717) is 0 Å². The Labute approximate surface area is 86.7 Å². The number of hydrogen-bond acceptors (Lipinski definition) is 2. The predicted octanol–water partition coefficient (Wildman–Crippen LogP) is 2.74.